The van der Waals surface area contributed by atoms with Crippen LogP contribution in [0.2, 0.25) is 0 Å². The summed E-state index contributed by atoms with van der Waals surface area (Å²) in [7, 11) is 0. The molecule has 0 fully saturated rings. The highest BCUT2D eigenvalue weighted by Gasteiger charge is 2.09. The van der Waals surface area contributed by atoms with Gasteiger partial charge in [0.15, 0.2) is 0 Å². The maximum absolute atomic E-state index is 4.62. The smallest absolute Gasteiger partial charge is 0.225 e. The van der Waals surface area contributed by atoms with Gasteiger partial charge in [-0.1, -0.05) is 48.5 Å². The van der Waals surface area contributed by atoms with E-state index in [1.165, 1.54) is 11.1 Å². The van der Waals surface area contributed by atoms with E-state index in [4.69, 9.17) is 0 Å². The molecule has 0 unspecified atom stereocenters. The Morgan fingerprint density at radius 2 is 1.58 bits per heavy atom. The van der Waals surface area contributed by atoms with Crippen molar-refractivity contribution < 1.29 is 0 Å². The van der Waals surface area contributed by atoms with Crippen LogP contribution in [0.25, 0.3) is 11.3 Å². The summed E-state index contributed by atoms with van der Waals surface area (Å²) in [6, 6.07) is 18.4. The van der Waals surface area contributed by atoms with Crippen molar-refractivity contribution in [1.29, 1.82) is 0 Å². The number of hydrogen-bond acceptors (Lipinski definition) is 4. The largest absolute Gasteiger partial charge is 0.354 e. The van der Waals surface area contributed by atoms with Crippen LogP contribution in [-0.2, 0) is 0 Å². The first kappa shape index (κ1) is 16.0. The SMILES string of the molecule is CCNc1nc(Nc2c(C)cccc2C)cc(-c2ccccc2)n1. The number of aryl methyl sites for hydroxylation is 2. The molecule has 0 radical (unpaired) electrons. The molecule has 122 valence electrons. The number of nitrogens with one attached hydrogen (secondary N) is 2. The van der Waals surface area contributed by atoms with Crippen LogP contribution in [0.1, 0.15) is 18.1 Å². The number of benzene rings is 2. The molecule has 4 nitrogen and oxygen atoms in total. The number of rotatable bonds is 5. The average Bonchev–Trinajstić information content (AvgIpc) is 2.59. The molecule has 3 aromatic rings. The minimum Gasteiger partial charge on any atom is -0.354 e. The summed E-state index contributed by atoms with van der Waals surface area (Å²) in [5.74, 6) is 1.42. The Morgan fingerprint density at radius 1 is 0.875 bits per heavy atom. The van der Waals surface area contributed by atoms with Crippen LogP contribution in [0.15, 0.2) is 54.6 Å². The van der Waals surface area contributed by atoms with Crippen molar-refractivity contribution in [2.75, 3.05) is 17.2 Å². The van der Waals surface area contributed by atoms with Gasteiger partial charge in [-0.3, -0.25) is 0 Å². The van der Waals surface area contributed by atoms with E-state index in [1.54, 1.807) is 0 Å². The van der Waals surface area contributed by atoms with Crippen molar-refractivity contribution in [2.24, 2.45) is 0 Å². The van der Waals surface area contributed by atoms with Crippen LogP contribution in [0, 0.1) is 13.8 Å². The van der Waals surface area contributed by atoms with Gasteiger partial charge in [-0.05, 0) is 31.9 Å². The molecule has 2 aromatic carbocycles. The van der Waals surface area contributed by atoms with Crippen LogP contribution in [0.5, 0.6) is 0 Å². The van der Waals surface area contributed by atoms with E-state index in [2.05, 4.69) is 64.8 Å². The van der Waals surface area contributed by atoms with Crippen molar-refractivity contribution in [3.63, 3.8) is 0 Å². The minimum atomic E-state index is 0.632. The first-order valence-electron chi connectivity index (χ1n) is 8.19. The van der Waals surface area contributed by atoms with Gasteiger partial charge in [-0.25, -0.2) is 4.98 Å². The summed E-state index contributed by atoms with van der Waals surface area (Å²) in [4.78, 5) is 9.21. The molecule has 0 saturated carbocycles. The molecule has 2 N–H and O–H groups in total. The minimum absolute atomic E-state index is 0.632. The Balaban J connectivity index is 2.02. The maximum Gasteiger partial charge on any atom is 0.225 e. The Bertz CT molecular complexity index is 808. The molecule has 0 aliphatic heterocycles. The summed E-state index contributed by atoms with van der Waals surface area (Å²) in [5, 5.41) is 6.67. The van der Waals surface area contributed by atoms with Crippen molar-refractivity contribution in [2.45, 2.75) is 20.8 Å². The topological polar surface area (TPSA) is 49.8 Å². The van der Waals surface area contributed by atoms with Crippen molar-refractivity contribution >= 4 is 17.5 Å². The molecule has 3 rings (SSSR count). The van der Waals surface area contributed by atoms with Gasteiger partial charge in [-0.2, -0.15) is 4.98 Å². The number of para-hydroxylation sites is 1. The lowest BCUT2D eigenvalue weighted by molar-refractivity contribution is 1.09. The van der Waals surface area contributed by atoms with E-state index < -0.39 is 0 Å². The molecule has 1 aromatic heterocycles. The van der Waals surface area contributed by atoms with E-state index in [0.717, 1.165) is 29.3 Å². The fourth-order valence-electron chi connectivity index (χ4n) is 2.64. The van der Waals surface area contributed by atoms with Gasteiger partial charge in [0, 0.05) is 23.9 Å². The Labute approximate surface area is 143 Å². The van der Waals surface area contributed by atoms with Gasteiger partial charge in [0.25, 0.3) is 0 Å². The lowest BCUT2D eigenvalue weighted by atomic mass is 10.1. The third-order valence-electron chi connectivity index (χ3n) is 3.86. The normalized spacial score (nSPS) is 10.5. The Morgan fingerprint density at radius 3 is 2.25 bits per heavy atom. The molecule has 0 bridgehead atoms. The van der Waals surface area contributed by atoms with Crippen LogP contribution in [0.4, 0.5) is 17.5 Å². The molecule has 0 spiro atoms. The summed E-state index contributed by atoms with van der Waals surface area (Å²) < 4.78 is 0. The molecule has 0 saturated heterocycles. The van der Waals surface area contributed by atoms with Crippen LogP contribution in [-0.4, -0.2) is 16.5 Å². The summed E-state index contributed by atoms with van der Waals surface area (Å²) in [6.45, 7) is 7.01. The van der Waals surface area contributed by atoms with Gasteiger partial charge in [-0.15, -0.1) is 0 Å². The zero-order chi connectivity index (χ0) is 16.9. The summed E-state index contributed by atoms with van der Waals surface area (Å²) in [6.07, 6.45) is 0. The molecule has 4 heteroatoms. The lowest BCUT2D eigenvalue weighted by Gasteiger charge is -2.14. The van der Waals surface area contributed by atoms with Gasteiger partial charge in [0.1, 0.15) is 5.82 Å². The third-order valence-corrected chi connectivity index (χ3v) is 3.86. The number of aromatic nitrogens is 2. The molecular weight excluding hydrogens is 296 g/mol. The fourth-order valence-corrected chi connectivity index (χ4v) is 2.64. The monoisotopic (exact) mass is 318 g/mol. The second kappa shape index (κ2) is 7.13. The molecule has 0 atom stereocenters. The average molecular weight is 318 g/mol. The second-order valence-electron chi connectivity index (χ2n) is 5.75. The fraction of sp³-hybridized carbons (Fsp3) is 0.200. The van der Waals surface area contributed by atoms with Gasteiger partial charge < -0.3 is 10.6 Å². The molecular formula is C20H22N4. The van der Waals surface area contributed by atoms with Gasteiger partial charge in [0.05, 0.1) is 5.69 Å². The molecule has 0 amide bonds. The van der Waals surface area contributed by atoms with Crippen molar-refractivity contribution in [3.05, 3.63) is 65.7 Å². The van der Waals surface area contributed by atoms with E-state index in [1.807, 2.05) is 31.2 Å². The highest BCUT2D eigenvalue weighted by molar-refractivity contribution is 5.70. The highest BCUT2D eigenvalue weighted by Crippen LogP contribution is 2.26. The second-order valence-corrected chi connectivity index (χ2v) is 5.75. The summed E-state index contributed by atoms with van der Waals surface area (Å²) >= 11 is 0. The predicted octanol–water partition coefficient (Wildman–Crippen LogP) is 4.94. The summed E-state index contributed by atoms with van der Waals surface area (Å²) in [5.41, 5.74) is 5.45. The number of nitrogens with zero attached hydrogens (tertiary/aromatic N) is 2. The van der Waals surface area contributed by atoms with Crippen molar-refractivity contribution in [1.82, 2.24) is 9.97 Å². The van der Waals surface area contributed by atoms with E-state index in [-0.39, 0.29) is 0 Å². The molecule has 0 aliphatic rings. The Hall–Kier alpha value is -2.88. The lowest BCUT2D eigenvalue weighted by Crippen LogP contribution is -2.06. The standard InChI is InChI=1S/C20H22N4/c1-4-21-20-22-17(16-11-6-5-7-12-16)13-18(24-20)23-19-14(2)9-8-10-15(19)3/h5-13H,4H2,1-3H3,(H2,21,22,23,24). The first-order chi connectivity index (χ1) is 11.7. The zero-order valence-corrected chi connectivity index (χ0v) is 14.3. The maximum atomic E-state index is 4.62. The number of hydrogen-bond donors (Lipinski definition) is 2. The van der Waals surface area contributed by atoms with Crippen LogP contribution < -0.4 is 10.6 Å². The van der Waals surface area contributed by atoms with Crippen LogP contribution in [0.3, 0.4) is 0 Å². The molecule has 24 heavy (non-hydrogen) atoms. The van der Waals surface area contributed by atoms with E-state index in [0.29, 0.717) is 5.95 Å². The Kier molecular flexibility index (Phi) is 4.75. The van der Waals surface area contributed by atoms with Gasteiger partial charge >= 0.3 is 0 Å². The quantitative estimate of drug-likeness (QED) is 0.700. The zero-order valence-electron chi connectivity index (χ0n) is 14.3. The van der Waals surface area contributed by atoms with E-state index in [9.17, 15) is 0 Å². The molecule has 0 aliphatic carbocycles. The third kappa shape index (κ3) is 3.54. The predicted molar refractivity (Wildman–Crippen MR) is 101 cm³/mol. The van der Waals surface area contributed by atoms with E-state index >= 15 is 0 Å². The van der Waals surface area contributed by atoms with Crippen LogP contribution >= 0.6 is 0 Å². The number of anilines is 3. The van der Waals surface area contributed by atoms with Gasteiger partial charge in [0.2, 0.25) is 5.95 Å². The van der Waals surface area contributed by atoms with Crippen molar-refractivity contribution in [3.8, 4) is 11.3 Å². The highest BCUT2D eigenvalue weighted by atomic mass is 15.1. The molecule has 1 heterocycles. The first-order valence-corrected chi connectivity index (χ1v) is 8.19.